The normalized spacial score (nSPS) is 10.6. The lowest BCUT2D eigenvalue weighted by Gasteiger charge is -2.10. The summed E-state index contributed by atoms with van der Waals surface area (Å²) < 4.78 is 11.2. The van der Waals surface area contributed by atoms with Gasteiger partial charge >= 0.3 is 5.97 Å². The van der Waals surface area contributed by atoms with Crippen molar-refractivity contribution in [2.75, 3.05) is 6.61 Å². The van der Waals surface area contributed by atoms with E-state index in [0.29, 0.717) is 44.7 Å². The van der Waals surface area contributed by atoms with Gasteiger partial charge in [-0.1, -0.05) is 0 Å². The Morgan fingerprint density at radius 1 is 1.27 bits per heavy atom. The van der Waals surface area contributed by atoms with Crippen molar-refractivity contribution in [1.82, 2.24) is 9.97 Å². The number of carbonyl (C=O) groups is 1. The van der Waals surface area contributed by atoms with Gasteiger partial charge in [-0.15, -0.1) is 11.3 Å². The molecule has 3 aromatic rings. The molecule has 0 N–H and O–H groups in total. The van der Waals surface area contributed by atoms with Crippen LogP contribution in [-0.2, 0) is 4.74 Å². The molecule has 6 nitrogen and oxygen atoms in total. The quantitative estimate of drug-likeness (QED) is 0.633. The average Bonchev–Trinajstić information content (AvgIpc) is 2.93. The summed E-state index contributed by atoms with van der Waals surface area (Å²) in [7, 11) is 0. The number of fused-ring (bicyclic) bond motifs is 1. The number of aryl methyl sites for hydroxylation is 3. The predicted octanol–water partition coefficient (Wildman–Crippen LogP) is 4.46. The van der Waals surface area contributed by atoms with Gasteiger partial charge in [0.25, 0.3) is 0 Å². The number of nitrogens with zero attached hydrogens (tertiary/aromatic N) is 3. The highest BCUT2D eigenvalue weighted by Gasteiger charge is 2.22. The summed E-state index contributed by atoms with van der Waals surface area (Å²) in [5.41, 5.74) is 2.13. The smallest absolute Gasteiger partial charge is 0.348 e. The van der Waals surface area contributed by atoms with Crippen LogP contribution in [0.25, 0.3) is 10.2 Å². The van der Waals surface area contributed by atoms with Crippen LogP contribution in [-0.4, -0.2) is 22.5 Å². The predicted molar refractivity (Wildman–Crippen MR) is 98.8 cm³/mol. The Morgan fingerprint density at radius 3 is 2.69 bits per heavy atom. The summed E-state index contributed by atoms with van der Waals surface area (Å²) >= 11 is 1.27. The number of rotatable bonds is 4. The second kappa shape index (κ2) is 7.10. The zero-order valence-corrected chi connectivity index (χ0v) is 15.7. The number of thiophene rings is 1. The molecule has 0 fully saturated rings. The number of hydrogen-bond acceptors (Lipinski definition) is 7. The molecule has 0 aliphatic rings. The topological polar surface area (TPSA) is 85.1 Å². The summed E-state index contributed by atoms with van der Waals surface area (Å²) in [6, 6.07) is 7.29. The second-order valence-electron chi connectivity index (χ2n) is 5.73. The van der Waals surface area contributed by atoms with Gasteiger partial charge in [-0.05, 0) is 57.0 Å². The number of ether oxygens (including phenoxy) is 2. The first-order valence-electron chi connectivity index (χ1n) is 8.08. The molecule has 0 spiro atoms. The maximum atomic E-state index is 12.2. The van der Waals surface area contributed by atoms with Gasteiger partial charge < -0.3 is 9.47 Å². The van der Waals surface area contributed by atoms with Crippen LogP contribution in [0, 0.1) is 32.1 Å². The van der Waals surface area contributed by atoms with E-state index in [4.69, 9.17) is 14.7 Å². The van der Waals surface area contributed by atoms with E-state index in [0.717, 1.165) is 11.1 Å². The summed E-state index contributed by atoms with van der Waals surface area (Å²) in [5.74, 6) is 1.18. The molecule has 0 unspecified atom stereocenters. The van der Waals surface area contributed by atoms with Crippen LogP contribution in [0.5, 0.6) is 11.6 Å². The first-order chi connectivity index (χ1) is 12.4. The molecule has 26 heavy (non-hydrogen) atoms. The number of nitriles is 1. The molecule has 0 radical (unpaired) electrons. The number of hydrogen-bond donors (Lipinski definition) is 0. The monoisotopic (exact) mass is 367 g/mol. The first-order valence-corrected chi connectivity index (χ1v) is 8.89. The van der Waals surface area contributed by atoms with E-state index in [1.54, 1.807) is 32.0 Å². The maximum Gasteiger partial charge on any atom is 0.348 e. The Kier molecular flexibility index (Phi) is 4.87. The number of carbonyl (C=O) groups excluding carboxylic acids is 1. The highest BCUT2D eigenvalue weighted by molar-refractivity contribution is 7.20. The van der Waals surface area contributed by atoms with E-state index < -0.39 is 0 Å². The molecular formula is C19H17N3O3S. The van der Waals surface area contributed by atoms with Gasteiger partial charge in [0.05, 0.1) is 23.6 Å². The van der Waals surface area contributed by atoms with Crippen molar-refractivity contribution < 1.29 is 14.3 Å². The van der Waals surface area contributed by atoms with Crippen LogP contribution in [0.2, 0.25) is 0 Å². The molecule has 132 valence electrons. The zero-order chi connectivity index (χ0) is 18.8. The minimum absolute atomic E-state index is 0.311. The molecule has 0 aliphatic heterocycles. The highest BCUT2D eigenvalue weighted by Crippen LogP contribution is 2.37. The third-order valence-corrected chi connectivity index (χ3v) is 5.01. The van der Waals surface area contributed by atoms with Crippen LogP contribution >= 0.6 is 11.3 Å². The van der Waals surface area contributed by atoms with Gasteiger partial charge in [0, 0.05) is 0 Å². The molecule has 0 amide bonds. The average molecular weight is 367 g/mol. The summed E-state index contributed by atoms with van der Waals surface area (Å²) in [6.07, 6.45) is 0. The van der Waals surface area contributed by atoms with Crippen LogP contribution in [0.4, 0.5) is 0 Å². The van der Waals surface area contributed by atoms with Crippen molar-refractivity contribution >= 4 is 27.5 Å². The van der Waals surface area contributed by atoms with Crippen LogP contribution in [0.3, 0.4) is 0 Å². The van der Waals surface area contributed by atoms with Crippen molar-refractivity contribution in [1.29, 1.82) is 5.26 Å². The maximum absolute atomic E-state index is 12.2. The third-order valence-electron chi connectivity index (χ3n) is 3.84. The van der Waals surface area contributed by atoms with Gasteiger partial charge in [-0.3, -0.25) is 0 Å². The standard InChI is InChI=1S/C19H17N3O3S/c1-5-24-19(23)16-11(3)15-17(21-12(4)22-18(15)26-16)25-14-7-6-13(9-20)8-10(14)2/h6-8H,5H2,1-4H3. The SMILES string of the molecule is CCOC(=O)c1sc2nc(C)nc(Oc3ccc(C#N)cc3C)c2c1C. The van der Waals surface area contributed by atoms with E-state index >= 15 is 0 Å². The molecule has 0 saturated carbocycles. The number of aromatic nitrogens is 2. The minimum Gasteiger partial charge on any atom is -0.462 e. The van der Waals surface area contributed by atoms with Crippen LogP contribution in [0.1, 0.15) is 39.1 Å². The van der Waals surface area contributed by atoms with Crippen LogP contribution < -0.4 is 4.74 Å². The van der Waals surface area contributed by atoms with Gasteiger partial charge in [0.15, 0.2) is 0 Å². The second-order valence-corrected chi connectivity index (χ2v) is 6.73. The lowest BCUT2D eigenvalue weighted by Crippen LogP contribution is -2.03. The largest absolute Gasteiger partial charge is 0.462 e. The molecule has 3 rings (SSSR count). The van der Waals surface area contributed by atoms with Crippen LogP contribution in [0.15, 0.2) is 18.2 Å². The molecule has 0 saturated heterocycles. The fraction of sp³-hybridized carbons (Fsp3) is 0.263. The van der Waals surface area contributed by atoms with Crippen molar-refractivity contribution in [2.24, 2.45) is 0 Å². The molecule has 1 aromatic carbocycles. The molecule has 0 aliphatic carbocycles. The Morgan fingerprint density at radius 2 is 2.04 bits per heavy atom. The molecule has 7 heteroatoms. The van der Waals surface area contributed by atoms with Crippen molar-refractivity contribution in [3.63, 3.8) is 0 Å². The van der Waals surface area contributed by atoms with E-state index in [1.165, 1.54) is 11.3 Å². The van der Waals surface area contributed by atoms with Gasteiger partial charge in [0.2, 0.25) is 5.88 Å². The van der Waals surface area contributed by atoms with E-state index in [9.17, 15) is 4.79 Å². The zero-order valence-electron chi connectivity index (χ0n) is 14.9. The van der Waals surface area contributed by atoms with Crippen molar-refractivity contribution in [2.45, 2.75) is 27.7 Å². The Bertz CT molecular complexity index is 1050. The molecule has 0 atom stereocenters. The number of esters is 1. The highest BCUT2D eigenvalue weighted by atomic mass is 32.1. The molecule has 2 heterocycles. The molecule has 2 aromatic heterocycles. The number of benzene rings is 1. The fourth-order valence-electron chi connectivity index (χ4n) is 2.61. The summed E-state index contributed by atoms with van der Waals surface area (Å²) in [5, 5.41) is 9.70. The fourth-order valence-corrected chi connectivity index (χ4v) is 3.72. The minimum atomic E-state index is -0.369. The van der Waals surface area contributed by atoms with E-state index in [1.807, 2.05) is 13.8 Å². The van der Waals surface area contributed by atoms with Crippen molar-refractivity contribution in [3.8, 4) is 17.7 Å². The Hall–Kier alpha value is -2.98. The molecule has 0 bridgehead atoms. The summed E-state index contributed by atoms with van der Waals surface area (Å²) in [6.45, 7) is 7.56. The summed E-state index contributed by atoms with van der Waals surface area (Å²) in [4.78, 5) is 22.2. The van der Waals surface area contributed by atoms with E-state index in [2.05, 4.69) is 16.0 Å². The van der Waals surface area contributed by atoms with E-state index in [-0.39, 0.29) is 5.97 Å². The third kappa shape index (κ3) is 3.24. The Labute approximate surface area is 155 Å². The lowest BCUT2D eigenvalue weighted by atomic mass is 10.1. The Balaban J connectivity index is 2.11. The van der Waals surface area contributed by atoms with Gasteiger partial charge in [0.1, 0.15) is 21.3 Å². The first kappa shape index (κ1) is 17.8. The lowest BCUT2D eigenvalue weighted by molar-refractivity contribution is 0.0531. The molecular weight excluding hydrogens is 350 g/mol. The van der Waals surface area contributed by atoms with Gasteiger partial charge in [-0.2, -0.15) is 10.2 Å². The van der Waals surface area contributed by atoms with Crippen molar-refractivity contribution in [3.05, 3.63) is 45.6 Å². The van der Waals surface area contributed by atoms with Gasteiger partial charge in [-0.25, -0.2) is 9.78 Å².